The Morgan fingerprint density at radius 3 is 2.58 bits per heavy atom. The monoisotopic (exact) mass is 367 g/mol. The van der Waals surface area contributed by atoms with Gasteiger partial charge in [0.25, 0.3) is 5.91 Å². The van der Waals surface area contributed by atoms with Gasteiger partial charge in [0.05, 0.1) is 0 Å². The van der Waals surface area contributed by atoms with Crippen molar-refractivity contribution in [3.8, 4) is 0 Å². The molecule has 1 saturated heterocycles. The van der Waals surface area contributed by atoms with E-state index < -0.39 is 0 Å². The van der Waals surface area contributed by atoms with Gasteiger partial charge in [-0.3, -0.25) is 4.79 Å². The van der Waals surface area contributed by atoms with Crippen LogP contribution in [-0.2, 0) is 0 Å². The van der Waals surface area contributed by atoms with Crippen molar-refractivity contribution in [2.45, 2.75) is 6.42 Å². The van der Waals surface area contributed by atoms with Crippen LogP contribution in [0.2, 0.25) is 0 Å². The molecule has 24 heavy (non-hydrogen) atoms. The summed E-state index contributed by atoms with van der Waals surface area (Å²) in [5.41, 5.74) is 8.20. The third kappa shape index (κ3) is 5.05. The zero-order valence-corrected chi connectivity index (χ0v) is 15.0. The number of hydrogen-bond donors (Lipinski definition) is 2. The number of benzene rings is 2. The highest BCUT2D eigenvalue weighted by atomic mass is 35.5. The number of amides is 1. The fourth-order valence-electron chi connectivity index (χ4n) is 2.89. The van der Waals surface area contributed by atoms with Crippen molar-refractivity contribution < 1.29 is 4.79 Å². The van der Waals surface area contributed by atoms with Gasteiger partial charge in [-0.15, -0.1) is 24.8 Å². The highest BCUT2D eigenvalue weighted by Gasteiger charge is 2.23. The number of carbonyl (C=O) groups is 1. The molecule has 3 N–H and O–H groups in total. The van der Waals surface area contributed by atoms with Gasteiger partial charge >= 0.3 is 0 Å². The van der Waals surface area contributed by atoms with Crippen LogP contribution in [0.25, 0.3) is 0 Å². The molecule has 4 nitrogen and oxygen atoms in total. The molecule has 0 aliphatic carbocycles. The molecule has 2 aromatic rings. The lowest BCUT2D eigenvalue weighted by atomic mass is 10.1. The molecule has 2 aromatic carbocycles. The summed E-state index contributed by atoms with van der Waals surface area (Å²) in [6, 6.07) is 17.5. The lowest BCUT2D eigenvalue weighted by Crippen LogP contribution is -2.31. The van der Waals surface area contributed by atoms with E-state index in [1.165, 1.54) is 5.69 Å². The van der Waals surface area contributed by atoms with E-state index in [1.807, 2.05) is 6.07 Å². The van der Waals surface area contributed by atoms with Crippen molar-refractivity contribution in [2.75, 3.05) is 30.3 Å². The highest BCUT2D eigenvalue weighted by Crippen LogP contribution is 2.23. The van der Waals surface area contributed by atoms with E-state index in [-0.39, 0.29) is 30.7 Å². The first-order chi connectivity index (χ1) is 10.7. The van der Waals surface area contributed by atoms with Crippen molar-refractivity contribution in [1.82, 2.24) is 5.32 Å². The number of nitrogens with two attached hydrogens (primary N) is 1. The summed E-state index contributed by atoms with van der Waals surface area (Å²) in [6.45, 7) is 2.74. The Hall–Kier alpha value is -1.91. The van der Waals surface area contributed by atoms with E-state index in [0.29, 0.717) is 23.7 Å². The van der Waals surface area contributed by atoms with Crippen molar-refractivity contribution in [1.29, 1.82) is 0 Å². The molecular weight excluding hydrogens is 345 g/mol. The third-order valence-corrected chi connectivity index (χ3v) is 4.11. The van der Waals surface area contributed by atoms with Crippen LogP contribution in [0.15, 0.2) is 54.6 Å². The lowest BCUT2D eigenvalue weighted by Gasteiger charge is -2.18. The first-order valence-electron chi connectivity index (χ1n) is 7.66. The number of carbonyl (C=O) groups excluding carboxylic acids is 1. The molecule has 1 aliphatic rings. The van der Waals surface area contributed by atoms with Crippen LogP contribution < -0.4 is 16.0 Å². The topological polar surface area (TPSA) is 58.4 Å². The van der Waals surface area contributed by atoms with Gasteiger partial charge in [0.2, 0.25) is 0 Å². The third-order valence-electron chi connectivity index (χ3n) is 4.11. The molecule has 0 saturated carbocycles. The normalized spacial score (nSPS) is 16.0. The van der Waals surface area contributed by atoms with E-state index in [0.717, 1.165) is 19.5 Å². The van der Waals surface area contributed by atoms with Gasteiger partial charge in [-0.1, -0.05) is 24.3 Å². The van der Waals surface area contributed by atoms with Crippen LogP contribution in [0.1, 0.15) is 16.8 Å². The molecular formula is C18H23Cl2N3O. The largest absolute Gasteiger partial charge is 0.399 e. The summed E-state index contributed by atoms with van der Waals surface area (Å²) in [6.07, 6.45) is 1.10. The molecule has 1 aliphatic heterocycles. The molecule has 1 unspecified atom stereocenters. The number of rotatable bonds is 4. The van der Waals surface area contributed by atoms with Gasteiger partial charge in [0.1, 0.15) is 0 Å². The molecule has 3 rings (SSSR count). The molecule has 1 atom stereocenters. The van der Waals surface area contributed by atoms with Gasteiger partial charge in [0.15, 0.2) is 0 Å². The molecule has 0 radical (unpaired) electrons. The zero-order valence-electron chi connectivity index (χ0n) is 13.4. The minimum Gasteiger partial charge on any atom is -0.399 e. The minimum atomic E-state index is -0.0505. The van der Waals surface area contributed by atoms with Crippen molar-refractivity contribution in [3.05, 3.63) is 60.2 Å². The van der Waals surface area contributed by atoms with Crippen LogP contribution >= 0.6 is 24.8 Å². The van der Waals surface area contributed by atoms with E-state index in [4.69, 9.17) is 5.73 Å². The number of nitrogens with one attached hydrogen (secondary N) is 1. The maximum atomic E-state index is 12.1. The summed E-state index contributed by atoms with van der Waals surface area (Å²) in [5, 5.41) is 3.02. The summed E-state index contributed by atoms with van der Waals surface area (Å²) in [5.74, 6) is 0.440. The summed E-state index contributed by atoms with van der Waals surface area (Å²) < 4.78 is 0. The molecule has 1 amide bonds. The van der Waals surface area contributed by atoms with Crippen molar-refractivity contribution in [2.24, 2.45) is 5.92 Å². The molecule has 1 heterocycles. The Kier molecular flexibility index (Phi) is 7.89. The maximum absolute atomic E-state index is 12.1. The minimum absolute atomic E-state index is 0. The summed E-state index contributed by atoms with van der Waals surface area (Å²) >= 11 is 0. The van der Waals surface area contributed by atoms with Crippen molar-refractivity contribution in [3.63, 3.8) is 0 Å². The number of hydrogen-bond acceptors (Lipinski definition) is 3. The SMILES string of the molecule is Cl.Cl.Nc1cccc(C(=O)NCC2CCN(c3ccccc3)C2)c1. The predicted octanol–water partition coefficient (Wildman–Crippen LogP) is 3.37. The Balaban J connectivity index is 0.00000144. The standard InChI is InChI=1S/C18H21N3O.2ClH/c19-16-6-4-5-15(11-16)18(22)20-12-14-9-10-21(13-14)17-7-2-1-3-8-17;;/h1-8,11,14H,9-10,12-13,19H2,(H,20,22);2*1H. The fourth-order valence-corrected chi connectivity index (χ4v) is 2.89. The van der Waals surface area contributed by atoms with Gasteiger partial charge in [-0.2, -0.15) is 0 Å². The summed E-state index contributed by atoms with van der Waals surface area (Å²) in [4.78, 5) is 14.5. The van der Waals surface area contributed by atoms with E-state index in [1.54, 1.807) is 24.3 Å². The summed E-state index contributed by atoms with van der Waals surface area (Å²) in [7, 11) is 0. The Morgan fingerprint density at radius 2 is 1.88 bits per heavy atom. The fraction of sp³-hybridized carbons (Fsp3) is 0.278. The molecule has 130 valence electrons. The Morgan fingerprint density at radius 1 is 1.12 bits per heavy atom. The first kappa shape index (κ1) is 20.1. The quantitative estimate of drug-likeness (QED) is 0.814. The van der Waals surface area contributed by atoms with Crippen LogP contribution in [-0.4, -0.2) is 25.5 Å². The molecule has 0 aromatic heterocycles. The Bertz CT molecular complexity index is 652. The first-order valence-corrected chi connectivity index (χ1v) is 7.66. The molecule has 1 fully saturated rings. The van der Waals surface area contributed by atoms with Gasteiger partial charge in [0, 0.05) is 36.6 Å². The van der Waals surface area contributed by atoms with Crippen LogP contribution in [0.3, 0.4) is 0 Å². The molecule has 6 heteroatoms. The number of nitrogens with zero attached hydrogens (tertiary/aromatic N) is 1. The van der Waals surface area contributed by atoms with E-state index in [2.05, 4.69) is 34.5 Å². The van der Waals surface area contributed by atoms with Gasteiger partial charge in [-0.25, -0.2) is 0 Å². The molecule has 0 spiro atoms. The number of para-hydroxylation sites is 1. The van der Waals surface area contributed by atoms with Gasteiger partial charge in [-0.05, 0) is 42.7 Å². The van der Waals surface area contributed by atoms with Crippen molar-refractivity contribution >= 4 is 42.1 Å². The van der Waals surface area contributed by atoms with Crippen LogP contribution in [0.4, 0.5) is 11.4 Å². The number of anilines is 2. The van der Waals surface area contributed by atoms with Crippen LogP contribution in [0, 0.1) is 5.92 Å². The lowest BCUT2D eigenvalue weighted by molar-refractivity contribution is 0.0948. The van der Waals surface area contributed by atoms with E-state index >= 15 is 0 Å². The van der Waals surface area contributed by atoms with Crippen LogP contribution in [0.5, 0.6) is 0 Å². The zero-order chi connectivity index (χ0) is 15.4. The predicted molar refractivity (Wildman–Crippen MR) is 104 cm³/mol. The maximum Gasteiger partial charge on any atom is 0.251 e. The van der Waals surface area contributed by atoms with E-state index in [9.17, 15) is 4.79 Å². The second kappa shape index (κ2) is 9.40. The Labute approximate surface area is 155 Å². The number of halogens is 2. The molecule has 0 bridgehead atoms. The number of nitrogen functional groups attached to an aromatic ring is 1. The second-order valence-electron chi connectivity index (χ2n) is 5.77. The average Bonchev–Trinajstić information content (AvgIpc) is 3.02. The average molecular weight is 368 g/mol. The highest BCUT2D eigenvalue weighted by molar-refractivity contribution is 5.94. The van der Waals surface area contributed by atoms with Gasteiger partial charge < -0.3 is 16.0 Å². The second-order valence-corrected chi connectivity index (χ2v) is 5.77. The smallest absolute Gasteiger partial charge is 0.251 e.